The van der Waals surface area contributed by atoms with Gasteiger partial charge in [-0.05, 0) is 31.3 Å². The molecule has 0 aromatic carbocycles. The maximum Gasteiger partial charge on any atom is 0.0278 e. The number of halogens is 1. The van der Waals surface area contributed by atoms with E-state index in [0.717, 1.165) is 26.1 Å². The minimum atomic E-state index is 0.230. The van der Waals surface area contributed by atoms with Crippen molar-refractivity contribution >= 4 is 11.6 Å². The molecule has 1 aliphatic heterocycles. The molecule has 1 N–H and O–H groups in total. The molecule has 2 nitrogen and oxygen atoms in total. The molecular weight excluding hydrogens is 244 g/mol. The monoisotopic (exact) mass is 272 g/mol. The number of nitrogens with zero attached hydrogens (tertiary/aromatic N) is 1. The van der Waals surface area contributed by atoms with Gasteiger partial charge in [0.25, 0.3) is 0 Å². The van der Waals surface area contributed by atoms with E-state index < -0.39 is 0 Å². The summed E-state index contributed by atoms with van der Waals surface area (Å²) in [5.74, 6) is 0. The lowest BCUT2D eigenvalue weighted by molar-refractivity contribution is 0.0335. The number of piperazine rings is 1. The molecule has 2 atom stereocenters. The van der Waals surface area contributed by atoms with E-state index in [1.165, 1.54) is 5.57 Å². The normalized spacial score (nSPS) is 31.7. The molecule has 0 aliphatic carbocycles. The van der Waals surface area contributed by atoms with Crippen LogP contribution in [0.15, 0.2) is 11.1 Å². The second-order valence-electron chi connectivity index (χ2n) is 7.04. The van der Waals surface area contributed by atoms with Crippen LogP contribution in [0.2, 0.25) is 0 Å². The van der Waals surface area contributed by atoms with Crippen LogP contribution < -0.4 is 5.32 Å². The smallest absolute Gasteiger partial charge is 0.0278 e. The summed E-state index contributed by atoms with van der Waals surface area (Å²) in [5, 5.41) is 3.73. The van der Waals surface area contributed by atoms with E-state index in [1.807, 2.05) is 0 Å². The van der Waals surface area contributed by atoms with Gasteiger partial charge in [0.15, 0.2) is 0 Å². The first kappa shape index (κ1) is 16.0. The van der Waals surface area contributed by atoms with Crippen LogP contribution in [0.4, 0.5) is 0 Å². The van der Waals surface area contributed by atoms with Gasteiger partial charge in [-0.15, -0.1) is 0 Å². The molecule has 2 unspecified atom stereocenters. The predicted octanol–water partition coefficient (Wildman–Crippen LogP) is 3.62. The highest BCUT2D eigenvalue weighted by Crippen LogP contribution is 2.30. The van der Waals surface area contributed by atoms with Gasteiger partial charge in [-0.2, -0.15) is 0 Å². The van der Waals surface area contributed by atoms with Crippen LogP contribution in [0.1, 0.15) is 48.0 Å². The minimum Gasteiger partial charge on any atom is -0.309 e. The van der Waals surface area contributed by atoms with Crippen molar-refractivity contribution < 1.29 is 0 Å². The second kappa shape index (κ2) is 5.94. The highest BCUT2D eigenvalue weighted by molar-refractivity contribution is 6.25. The molecule has 0 radical (unpaired) electrons. The van der Waals surface area contributed by atoms with E-state index in [1.54, 1.807) is 5.54 Å². The van der Waals surface area contributed by atoms with Crippen molar-refractivity contribution in [3.05, 3.63) is 11.1 Å². The predicted molar refractivity (Wildman–Crippen MR) is 81.1 cm³/mol. The Labute approximate surface area is 118 Å². The Bertz CT molecular complexity index is 306. The van der Waals surface area contributed by atoms with Crippen molar-refractivity contribution in [1.82, 2.24) is 10.2 Å². The zero-order valence-corrected chi connectivity index (χ0v) is 13.6. The fourth-order valence-corrected chi connectivity index (χ4v) is 2.77. The topological polar surface area (TPSA) is 15.3 Å². The van der Waals surface area contributed by atoms with Crippen molar-refractivity contribution in [3.63, 3.8) is 0 Å². The lowest BCUT2D eigenvalue weighted by Crippen LogP contribution is -2.65. The van der Waals surface area contributed by atoms with E-state index in [2.05, 4.69) is 51.8 Å². The number of hydrogen-bond acceptors (Lipinski definition) is 2. The molecule has 18 heavy (non-hydrogen) atoms. The molecule has 0 spiro atoms. The van der Waals surface area contributed by atoms with Crippen LogP contribution in [0.3, 0.4) is 0 Å². The third-order valence-electron chi connectivity index (χ3n) is 4.13. The van der Waals surface area contributed by atoms with Gasteiger partial charge in [0.1, 0.15) is 0 Å². The fourth-order valence-electron chi connectivity index (χ4n) is 2.70. The Morgan fingerprint density at radius 2 is 2.11 bits per heavy atom. The van der Waals surface area contributed by atoms with E-state index in [9.17, 15) is 0 Å². The lowest BCUT2D eigenvalue weighted by Gasteiger charge is -2.50. The van der Waals surface area contributed by atoms with Crippen LogP contribution in [0.5, 0.6) is 0 Å². The van der Waals surface area contributed by atoms with Crippen molar-refractivity contribution in [2.45, 2.75) is 59.5 Å². The van der Waals surface area contributed by atoms with Gasteiger partial charge in [0.2, 0.25) is 0 Å². The first-order valence-corrected chi connectivity index (χ1v) is 7.40. The Hall–Kier alpha value is -0.0500. The van der Waals surface area contributed by atoms with Crippen molar-refractivity contribution in [1.29, 1.82) is 0 Å². The van der Waals surface area contributed by atoms with Gasteiger partial charge >= 0.3 is 0 Å². The summed E-state index contributed by atoms with van der Waals surface area (Å²) in [4.78, 5) is 2.59. The Kier molecular flexibility index (Phi) is 5.28. The molecule has 1 aliphatic rings. The Balaban J connectivity index is 2.86. The van der Waals surface area contributed by atoms with Crippen LogP contribution >= 0.6 is 11.6 Å². The van der Waals surface area contributed by atoms with Crippen LogP contribution in [0, 0.1) is 5.41 Å². The summed E-state index contributed by atoms with van der Waals surface area (Å²) in [6, 6.07) is 0.559. The highest BCUT2D eigenvalue weighted by atomic mass is 35.5. The van der Waals surface area contributed by atoms with Gasteiger partial charge in [-0.1, -0.05) is 39.3 Å². The number of rotatable bonds is 3. The molecule has 3 heteroatoms. The second-order valence-corrected chi connectivity index (χ2v) is 7.26. The molecule has 1 rings (SSSR count). The fraction of sp³-hybridized carbons (Fsp3) is 0.867. The zero-order chi connectivity index (χ0) is 14.0. The number of hydrogen-bond donors (Lipinski definition) is 1. The average molecular weight is 273 g/mol. The third-order valence-corrected chi connectivity index (χ3v) is 4.51. The summed E-state index contributed by atoms with van der Waals surface area (Å²) in [7, 11) is 0. The Morgan fingerprint density at radius 3 is 2.56 bits per heavy atom. The van der Waals surface area contributed by atoms with Crippen LogP contribution in [-0.4, -0.2) is 36.1 Å². The first-order valence-electron chi connectivity index (χ1n) is 6.97. The molecule has 1 heterocycles. The quantitative estimate of drug-likeness (QED) is 0.844. The maximum absolute atomic E-state index is 5.83. The molecule has 1 fully saturated rings. The van der Waals surface area contributed by atoms with Crippen LogP contribution in [0.25, 0.3) is 0 Å². The summed E-state index contributed by atoms with van der Waals surface area (Å²) in [6.07, 6.45) is 1.16. The zero-order valence-electron chi connectivity index (χ0n) is 12.8. The van der Waals surface area contributed by atoms with Crippen molar-refractivity contribution in [2.75, 3.05) is 19.6 Å². The summed E-state index contributed by atoms with van der Waals surface area (Å²) in [5.41, 5.74) is 3.47. The lowest BCUT2D eigenvalue weighted by atomic mass is 9.81. The molecule has 1 saturated heterocycles. The van der Waals surface area contributed by atoms with Gasteiger partial charge in [0, 0.05) is 36.8 Å². The third kappa shape index (κ3) is 3.97. The van der Waals surface area contributed by atoms with Crippen molar-refractivity contribution in [3.8, 4) is 0 Å². The van der Waals surface area contributed by atoms with E-state index in [4.69, 9.17) is 11.6 Å². The molecular formula is C15H29ClN2. The van der Waals surface area contributed by atoms with Gasteiger partial charge < -0.3 is 5.32 Å². The number of nitrogens with one attached hydrogen (secondary N) is 1. The molecule has 0 saturated carbocycles. The summed E-state index contributed by atoms with van der Waals surface area (Å²) >= 11 is 5.83. The largest absolute Gasteiger partial charge is 0.309 e. The maximum atomic E-state index is 5.83. The minimum absolute atomic E-state index is 0.230. The summed E-state index contributed by atoms with van der Waals surface area (Å²) < 4.78 is 0. The molecule has 106 valence electrons. The van der Waals surface area contributed by atoms with Crippen LogP contribution in [-0.2, 0) is 0 Å². The van der Waals surface area contributed by atoms with E-state index in [-0.39, 0.29) is 11.0 Å². The SMILES string of the molecule is CCC1(C)CN(CC(C)=CCl)C(C(C)(C)C)CN1. The standard InChI is InChI=1S/C15H29ClN2/c1-7-15(6)11-18(10-12(2)8-16)13(9-17-15)14(3,4)5/h8,13,17H,7,9-11H2,1-6H3. The highest BCUT2D eigenvalue weighted by Gasteiger charge is 2.39. The van der Waals surface area contributed by atoms with Gasteiger partial charge in [-0.3, -0.25) is 4.90 Å². The molecule has 0 aromatic rings. The van der Waals surface area contributed by atoms with E-state index in [0.29, 0.717) is 6.04 Å². The summed E-state index contributed by atoms with van der Waals surface area (Å²) in [6.45, 7) is 16.8. The van der Waals surface area contributed by atoms with E-state index >= 15 is 0 Å². The van der Waals surface area contributed by atoms with Crippen molar-refractivity contribution in [2.24, 2.45) is 5.41 Å². The Morgan fingerprint density at radius 1 is 1.50 bits per heavy atom. The average Bonchev–Trinajstić information content (AvgIpc) is 2.27. The van der Waals surface area contributed by atoms with Gasteiger partial charge in [0.05, 0.1) is 0 Å². The first-order chi connectivity index (χ1) is 8.22. The molecule has 0 bridgehead atoms. The van der Waals surface area contributed by atoms with Gasteiger partial charge in [-0.25, -0.2) is 0 Å². The molecule has 0 amide bonds. The molecule has 0 aromatic heterocycles.